The van der Waals surface area contributed by atoms with Crippen molar-refractivity contribution in [2.24, 2.45) is 0 Å². The van der Waals surface area contributed by atoms with Crippen LogP contribution in [-0.2, 0) is 5.41 Å². The molecule has 2 N–H and O–H groups in total. The maximum absolute atomic E-state index is 9.35. The minimum atomic E-state index is -0.0695. The lowest BCUT2D eigenvalue weighted by Gasteiger charge is -2.26. The van der Waals surface area contributed by atoms with Gasteiger partial charge in [-0.2, -0.15) is 0 Å². The van der Waals surface area contributed by atoms with Gasteiger partial charge in [-0.25, -0.2) is 0 Å². The molecule has 0 saturated carbocycles. The summed E-state index contributed by atoms with van der Waals surface area (Å²) in [6, 6.07) is 15.9. The molecule has 0 unspecified atom stereocenters. The van der Waals surface area contributed by atoms with Crippen LogP contribution in [0.15, 0.2) is 48.5 Å². The zero-order valence-electron chi connectivity index (χ0n) is 11.1. The van der Waals surface area contributed by atoms with Crippen LogP contribution in [0.25, 0.3) is 0 Å². The summed E-state index contributed by atoms with van der Waals surface area (Å²) in [7, 11) is 1.92. The molecule has 0 fully saturated rings. The third kappa shape index (κ3) is 2.33. The average Bonchev–Trinajstić information content (AvgIpc) is 2.39. The first kappa shape index (κ1) is 12.5. The zero-order valence-corrected chi connectivity index (χ0v) is 11.1. The standard InChI is InChI=1S/C16H19NO/c1-16(2,13-6-10-15(18)11-7-13)12-4-8-14(17-3)9-5-12/h4-11,17-18H,1-3H3. The number of phenols is 1. The molecule has 2 aromatic rings. The summed E-state index contributed by atoms with van der Waals surface area (Å²) in [4.78, 5) is 0. The third-order valence-electron chi connectivity index (χ3n) is 3.48. The molecule has 94 valence electrons. The number of benzene rings is 2. The van der Waals surface area contributed by atoms with Crippen molar-refractivity contribution < 1.29 is 5.11 Å². The predicted octanol–water partition coefficient (Wildman–Crippen LogP) is 3.76. The van der Waals surface area contributed by atoms with Gasteiger partial charge in [-0.3, -0.25) is 0 Å². The van der Waals surface area contributed by atoms with Crippen LogP contribution in [0.4, 0.5) is 5.69 Å². The molecular formula is C16H19NO. The highest BCUT2D eigenvalue weighted by Crippen LogP contribution is 2.32. The van der Waals surface area contributed by atoms with Gasteiger partial charge >= 0.3 is 0 Å². The first-order chi connectivity index (χ1) is 8.54. The normalized spacial score (nSPS) is 11.3. The van der Waals surface area contributed by atoms with E-state index in [4.69, 9.17) is 0 Å². The first-order valence-corrected chi connectivity index (χ1v) is 6.12. The minimum absolute atomic E-state index is 0.0695. The van der Waals surface area contributed by atoms with Gasteiger partial charge in [0.15, 0.2) is 0 Å². The quantitative estimate of drug-likeness (QED) is 0.857. The summed E-state index contributed by atoms with van der Waals surface area (Å²) in [5, 5.41) is 12.5. The molecule has 0 aliphatic carbocycles. The molecule has 0 saturated heterocycles. The Balaban J connectivity index is 2.37. The van der Waals surface area contributed by atoms with Crippen molar-refractivity contribution in [2.75, 3.05) is 12.4 Å². The molecule has 18 heavy (non-hydrogen) atoms. The third-order valence-corrected chi connectivity index (χ3v) is 3.48. The molecule has 2 heteroatoms. The SMILES string of the molecule is CNc1ccc(C(C)(C)c2ccc(O)cc2)cc1. The van der Waals surface area contributed by atoms with Crippen molar-refractivity contribution in [3.05, 3.63) is 59.7 Å². The van der Waals surface area contributed by atoms with E-state index >= 15 is 0 Å². The highest BCUT2D eigenvalue weighted by atomic mass is 16.3. The van der Waals surface area contributed by atoms with E-state index in [1.807, 2.05) is 19.2 Å². The molecule has 0 spiro atoms. The predicted molar refractivity (Wildman–Crippen MR) is 76.2 cm³/mol. The molecule has 0 atom stereocenters. The van der Waals surface area contributed by atoms with E-state index in [1.54, 1.807) is 12.1 Å². The molecule has 0 heterocycles. The largest absolute Gasteiger partial charge is 0.508 e. The topological polar surface area (TPSA) is 32.3 Å². The fourth-order valence-corrected chi connectivity index (χ4v) is 2.10. The van der Waals surface area contributed by atoms with Gasteiger partial charge in [-0.15, -0.1) is 0 Å². The van der Waals surface area contributed by atoms with Crippen LogP contribution in [0.5, 0.6) is 5.75 Å². The van der Waals surface area contributed by atoms with Gasteiger partial charge in [0.2, 0.25) is 0 Å². The van der Waals surface area contributed by atoms with Crippen LogP contribution in [0.1, 0.15) is 25.0 Å². The molecule has 2 aromatic carbocycles. The summed E-state index contributed by atoms with van der Waals surface area (Å²) < 4.78 is 0. The number of hydrogen-bond donors (Lipinski definition) is 2. The molecule has 0 aliphatic heterocycles. The van der Waals surface area contributed by atoms with E-state index < -0.39 is 0 Å². The van der Waals surface area contributed by atoms with Gasteiger partial charge in [0, 0.05) is 18.2 Å². The Morgan fingerprint density at radius 3 is 1.72 bits per heavy atom. The fourth-order valence-electron chi connectivity index (χ4n) is 2.10. The van der Waals surface area contributed by atoms with Crippen LogP contribution in [0.2, 0.25) is 0 Å². The van der Waals surface area contributed by atoms with Crippen molar-refractivity contribution in [3.63, 3.8) is 0 Å². The Bertz CT molecular complexity index is 512. The Kier molecular flexibility index (Phi) is 3.28. The number of rotatable bonds is 3. The number of anilines is 1. The maximum atomic E-state index is 9.35. The summed E-state index contributed by atoms with van der Waals surface area (Å²) in [5.41, 5.74) is 3.49. The highest BCUT2D eigenvalue weighted by Gasteiger charge is 2.22. The lowest BCUT2D eigenvalue weighted by Crippen LogP contribution is -2.18. The van der Waals surface area contributed by atoms with Gasteiger partial charge in [-0.05, 0) is 35.4 Å². The summed E-state index contributed by atoms with van der Waals surface area (Å²) in [6.07, 6.45) is 0. The number of nitrogens with one attached hydrogen (secondary N) is 1. The summed E-state index contributed by atoms with van der Waals surface area (Å²) >= 11 is 0. The van der Waals surface area contributed by atoms with Crippen LogP contribution >= 0.6 is 0 Å². The van der Waals surface area contributed by atoms with Crippen molar-refractivity contribution in [3.8, 4) is 5.75 Å². The van der Waals surface area contributed by atoms with E-state index in [0.717, 1.165) is 5.69 Å². The number of aromatic hydroxyl groups is 1. The van der Waals surface area contributed by atoms with Crippen molar-refractivity contribution >= 4 is 5.69 Å². The van der Waals surface area contributed by atoms with Crippen LogP contribution in [0.3, 0.4) is 0 Å². The molecule has 2 nitrogen and oxygen atoms in total. The molecule has 0 aliphatic rings. The Morgan fingerprint density at radius 2 is 1.28 bits per heavy atom. The molecule has 0 bridgehead atoms. The zero-order chi connectivity index (χ0) is 13.2. The fraction of sp³-hybridized carbons (Fsp3) is 0.250. The number of phenolic OH excluding ortho intramolecular Hbond substituents is 1. The van der Waals surface area contributed by atoms with E-state index in [0.29, 0.717) is 5.75 Å². The van der Waals surface area contributed by atoms with Gasteiger partial charge in [0.25, 0.3) is 0 Å². The lowest BCUT2D eigenvalue weighted by molar-refractivity contribution is 0.474. The van der Waals surface area contributed by atoms with Crippen molar-refractivity contribution in [2.45, 2.75) is 19.3 Å². The van der Waals surface area contributed by atoms with Crippen LogP contribution in [-0.4, -0.2) is 12.2 Å². The van der Waals surface area contributed by atoms with Crippen LogP contribution in [0, 0.1) is 0 Å². The second-order valence-electron chi connectivity index (χ2n) is 5.00. The maximum Gasteiger partial charge on any atom is 0.115 e. The second-order valence-corrected chi connectivity index (χ2v) is 5.00. The van der Waals surface area contributed by atoms with E-state index in [-0.39, 0.29) is 5.41 Å². The van der Waals surface area contributed by atoms with Gasteiger partial charge < -0.3 is 10.4 Å². The van der Waals surface area contributed by atoms with Crippen molar-refractivity contribution in [1.82, 2.24) is 0 Å². The summed E-state index contributed by atoms with van der Waals surface area (Å²) in [5.74, 6) is 0.306. The first-order valence-electron chi connectivity index (χ1n) is 6.12. The van der Waals surface area contributed by atoms with Gasteiger partial charge in [0.1, 0.15) is 5.75 Å². The molecule has 0 amide bonds. The monoisotopic (exact) mass is 241 g/mol. The molecular weight excluding hydrogens is 222 g/mol. The average molecular weight is 241 g/mol. The summed E-state index contributed by atoms with van der Waals surface area (Å²) in [6.45, 7) is 4.38. The molecule has 2 rings (SSSR count). The van der Waals surface area contributed by atoms with Crippen LogP contribution < -0.4 is 5.32 Å². The lowest BCUT2D eigenvalue weighted by atomic mass is 9.78. The minimum Gasteiger partial charge on any atom is -0.508 e. The van der Waals surface area contributed by atoms with E-state index in [9.17, 15) is 5.11 Å². The van der Waals surface area contributed by atoms with Crippen molar-refractivity contribution in [1.29, 1.82) is 0 Å². The van der Waals surface area contributed by atoms with E-state index in [1.165, 1.54) is 11.1 Å². The Hall–Kier alpha value is -1.96. The van der Waals surface area contributed by atoms with Gasteiger partial charge in [-0.1, -0.05) is 38.1 Å². The molecule has 0 radical (unpaired) electrons. The highest BCUT2D eigenvalue weighted by molar-refractivity contribution is 5.48. The Labute approximate surface area is 108 Å². The van der Waals surface area contributed by atoms with Gasteiger partial charge in [0.05, 0.1) is 0 Å². The van der Waals surface area contributed by atoms with E-state index in [2.05, 4.69) is 43.4 Å². The molecule has 0 aromatic heterocycles. The smallest absolute Gasteiger partial charge is 0.115 e. The number of hydrogen-bond acceptors (Lipinski definition) is 2. The Morgan fingerprint density at radius 1 is 0.833 bits per heavy atom. The second kappa shape index (κ2) is 4.73.